The van der Waals surface area contributed by atoms with Crippen LogP contribution in [0.4, 0.5) is 0 Å². The van der Waals surface area contributed by atoms with Crippen molar-refractivity contribution in [2.45, 2.75) is 31.5 Å². The van der Waals surface area contributed by atoms with E-state index in [1.165, 1.54) is 0 Å². The predicted molar refractivity (Wildman–Crippen MR) is 40.5 cm³/mol. The summed E-state index contributed by atoms with van der Waals surface area (Å²) in [6.45, 7) is 2.72. The van der Waals surface area contributed by atoms with Gasteiger partial charge in [0.15, 0.2) is 0 Å². The Morgan fingerprint density at radius 1 is 1.58 bits per heavy atom. The summed E-state index contributed by atoms with van der Waals surface area (Å²) in [7, 11) is 0. The number of rotatable bonds is 0. The molecule has 0 aromatic carbocycles. The standard InChI is InChI=1S/C9H12O3/c1-9-6-4-11-8(10)3-5(6)2-7(9)12-9/h5-7H,2-4H2,1H3/t5-,6+,7+,9-/m1/s1. The highest BCUT2D eigenvalue weighted by molar-refractivity contribution is 5.70. The van der Waals surface area contributed by atoms with Gasteiger partial charge in [-0.15, -0.1) is 0 Å². The van der Waals surface area contributed by atoms with Crippen LogP contribution in [0.15, 0.2) is 0 Å². The first-order valence-corrected chi connectivity index (χ1v) is 4.53. The van der Waals surface area contributed by atoms with Gasteiger partial charge in [-0.05, 0) is 19.3 Å². The fourth-order valence-corrected chi connectivity index (χ4v) is 2.77. The summed E-state index contributed by atoms with van der Waals surface area (Å²) in [5.41, 5.74) is 0.0609. The Bertz CT molecular complexity index is 250. The van der Waals surface area contributed by atoms with Gasteiger partial charge in [0.2, 0.25) is 0 Å². The molecule has 0 N–H and O–H groups in total. The summed E-state index contributed by atoms with van der Waals surface area (Å²) in [6, 6.07) is 0. The highest BCUT2D eigenvalue weighted by Gasteiger charge is 2.66. The molecule has 0 spiro atoms. The van der Waals surface area contributed by atoms with Crippen molar-refractivity contribution in [2.24, 2.45) is 11.8 Å². The zero-order chi connectivity index (χ0) is 8.34. The van der Waals surface area contributed by atoms with Gasteiger partial charge in [-0.2, -0.15) is 0 Å². The molecule has 2 aliphatic heterocycles. The second-order valence-electron chi connectivity index (χ2n) is 4.28. The Hall–Kier alpha value is -0.570. The quantitative estimate of drug-likeness (QED) is 0.395. The first kappa shape index (κ1) is 6.89. The molecule has 0 aromatic rings. The highest BCUT2D eigenvalue weighted by atomic mass is 16.6. The van der Waals surface area contributed by atoms with Crippen molar-refractivity contribution in [2.75, 3.05) is 6.61 Å². The summed E-state index contributed by atoms with van der Waals surface area (Å²) >= 11 is 0. The van der Waals surface area contributed by atoms with Gasteiger partial charge in [0, 0.05) is 12.3 Å². The molecular formula is C9H12O3. The van der Waals surface area contributed by atoms with E-state index in [1.807, 2.05) is 0 Å². The number of carbonyl (C=O) groups excluding carboxylic acids is 1. The smallest absolute Gasteiger partial charge is 0.306 e. The zero-order valence-corrected chi connectivity index (χ0v) is 7.08. The number of ether oxygens (including phenoxy) is 2. The molecule has 0 unspecified atom stereocenters. The van der Waals surface area contributed by atoms with Crippen LogP contribution in [0.25, 0.3) is 0 Å². The SMILES string of the molecule is C[C@]12O[C@H]1C[C@@H]1CC(=O)OC[C@@H]12. The topological polar surface area (TPSA) is 38.8 Å². The van der Waals surface area contributed by atoms with E-state index in [4.69, 9.17) is 9.47 Å². The minimum Gasteiger partial charge on any atom is -0.465 e. The summed E-state index contributed by atoms with van der Waals surface area (Å²) < 4.78 is 10.6. The molecule has 12 heavy (non-hydrogen) atoms. The Morgan fingerprint density at radius 2 is 2.42 bits per heavy atom. The van der Waals surface area contributed by atoms with E-state index in [-0.39, 0.29) is 11.6 Å². The Balaban J connectivity index is 1.85. The van der Waals surface area contributed by atoms with E-state index in [9.17, 15) is 4.79 Å². The maximum absolute atomic E-state index is 11.0. The van der Waals surface area contributed by atoms with Crippen LogP contribution in [-0.4, -0.2) is 24.3 Å². The predicted octanol–water partition coefficient (Wildman–Crippen LogP) is 0.727. The normalized spacial score (nSPS) is 55.8. The second-order valence-corrected chi connectivity index (χ2v) is 4.28. The minimum atomic E-state index is -0.0267. The number of epoxide rings is 1. The molecule has 1 saturated carbocycles. The number of cyclic esters (lactones) is 1. The molecule has 66 valence electrons. The van der Waals surface area contributed by atoms with Gasteiger partial charge >= 0.3 is 5.97 Å². The molecule has 3 nitrogen and oxygen atoms in total. The van der Waals surface area contributed by atoms with Crippen LogP contribution in [-0.2, 0) is 14.3 Å². The molecule has 0 radical (unpaired) electrons. The minimum absolute atomic E-state index is 0.0267. The summed E-state index contributed by atoms with van der Waals surface area (Å²) in [5, 5.41) is 0. The van der Waals surface area contributed by atoms with Crippen molar-refractivity contribution in [3.63, 3.8) is 0 Å². The van der Waals surface area contributed by atoms with Gasteiger partial charge < -0.3 is 9.47 Å². The lowest BCUT2D eigenvalue weighted by Gasteiger charge is -2.28. The van der Waals surface area contributed by atoms with Crippen LogP contribution in [0.5, 0.6) is 0 Å². The third-order valence-corrected chi connectivity index (χ3v) is 3.65. The molecule has 3 fully saturated rings. The molecule has 3 heteroatoms. The average molecular weight is 168 g/mol. The molecular weight excluding hydrogens is 156 g/mol. The Kier molecular flexibility index (Phi) is 1.06. The summed E-state index contributed by atoms with van der Waals surface area (Å²) in [6.07, 6.45) is 2.10. The molecule has 1 aliphatic carbocycles. The summed E-state index contributed by atoms with van der Waals surface area (Å²) in [4.78, 5) is 11.0. The van der Waals surface area contributed by atoms with Crippen molar-refractivity contribution in [3.8, 4) is 0 Å². The van der Waals surface area contributed by atoms with Crippen LogP contribution >= 0.6 is 0 Å². The third kappa shape index (κ3) is 0.678. The van der Waals surface area contributed by atoms with Gasteiger partial charge in [-0.3, -0.25) is 4.79 Å². The first-order valence-electron chi connectivity index (χ1n) is 4.53. The largest absolute Gasteiger partial charge is 0.465 e. The molecule has 0 bridgehead atoms. The van der Waals surface area contributed by atoms with Crippen molar-refractivity contribution in [1.82, 2.24) is 0 Å². The third-order valence-electron chi connectivity index (χ3n) is 3.65. The molecule has 3 rings (SSSR count). The fourth-order valence-electron chi connectivity index (χ4n) is 2.77. The van der Waals surface area contributed by atoms with Gasteiger partial charge in [0.1, 0.15) is 0 Å². The Morgan fingerprint density at radius 3 is 3.25 bits per heavy atom. The van der Waals surface area contributed by atoms with Gasteiger partial charge in [0.05, 0.1) is 18.3 Å². The molecule has 2 saturated heterocycles. The van der Waals surface area contributed by atoms with E-state index < -0.39 is 0 Å². The fraction of sp³-hybridized carbons (Fsp3) is 0.889. The number of fused-ring (bicyclic) bond motifs is 3. The van der Waals surface area contributed by atoms with Crippen molar-refractivity contribution >= 4 is 5.97 Å². The van der Waals surface area contributed by atoms with Crippen LogP contribution in [0.2, 0.25) is 0 Å². The lowest BCUT2D eigenvalue weighted by molar-refractivity contribution is -0.154. The van der Waals surface area contributed by atoms with Crippen LogP contribution in [0.3, 0.4) is 0 Å². The van der Waals surface area contributed by atoms with Crippen LogP contribution < -0.4 is 0 Å². The van der Waals surface area contributed by atoms with Gasteiger partial charge in [-0.1, -0.05) is 0 Å². The molecule has 2 heterocycles. The van der Waals surface area contributed by atoms with E-state index >= 15 is 0 Å². The number of esters is 1. The van der Waals surface area contributed by atoms with Crippen LogP contribution in [0, 0.1) is 11.8 Å². The van der Waals surface area contributed by atoms with Crippen LogP contribution in [0.1, 0.15) is 19.8 Å². The van der Waals surface area contributed by atoms with E-state index in [1.54, 1.807) is 0 Å². The van der Waals surface area contributed by atoms with Crippen molar-refractivity contribution in [1.29, 1.82) is 0 Å². The average Bonchev–Trinajstić information content (AvgIpc) is 2.55. The van der Waals surface area contributed by atoms with Gasteiger partial charge in [-0.25, -0.2) is 0 Å². The van der Waals surface area contributed by atoms with E-state index in [0.29, 0.717) is 31.0 Å². The highest BCUT2D eigenvalue weighted by Crippen LogP contribution is 2.58. The van der Waals surface area contributed by atoms with Gasteiger partial charge in [0.25, 0.3) is 0 Å². The zero-order valence-electron chi connectivity index (χ0n) is 7.08. The Labute approximate surface area is 71.0 Å². The van der Waals surface area contributed by atoms with Crippen molar-refractivity contribution in [3.05, 3.63) is 0 Å². The summed E-state index contributed by atoms with van der Waals surface area (Å²) in [5.74, 6) is 0.983. The number of carbonyl (C=O) groups is 1. The lowest BCUT2D eigenvalue weighted by atomic mass is 9.86. The molecule has 0 aromatic heterocycles. The molecule has 4 atom stereocenters. The lowest BCUT2D eigenvalue weighted by Crippen LogP contribution is -2.35. The number of hydrogen-bond acceptors (Lipinski definition) is 3. The monoisotopic (exact) mass is 168 g/mol. The van der Waals surface area contributed by atoms with E-state index in [2.05, 4.69) is 6.92 Å². The second kappa shape index (κ2) is 1.84. The number of hydrogen-bond donors (Lipinski definition) is 0. The maximum atomic E-state index is 11.0. The molecule has 0 amide bonds. The van der Waals surface area contributed by atoms with E-state index in [0.717, 1.165) is 6.42 Å². The first-order chi connectivity index (χ1) is 5.70. The maximum Gasteiger partial charge on any atom is 0.306 e. The van der Waals surface area contributed by atoms with Crippen molar-refractivity contribution < 1.29 is 14.3 Å². The molecule has 3 aliphatic rings.